The van der Waals surface area contributed by atoms with E-state index in [9.17, 15) is 9.59 Å². The Hall–Kier alpha value is -1.83. The minimum Gasteiger partial charge on any atom is -0.444 e. The molecule has 0 spiro atoms. The number of hydrogen-bond donors (Lipinski definition) is 2. The van der Waals surface area contributed by atoms with Gasteiger partial charge in [0.2, 0.25) is 0 Å². The van der Waals surface area contributed by atoms with Crippen LogP contribution in [0.3, 0.4) is 0 Å². The van der Waals surface area contributed by atoms with Gasteiger partial charge in [-0.1, -0.05) is 29.8 Å². The zero-order chi connectivity index (χ0) is 15.7. The highest BCUT2D eigenvalue weighted by Crippen LogP contribution is 2.34. The minimum absolute atomic E-state index is 0.0783. The summed E-state index contributed by atoms with van der Waals surface area (Å²) < 4.78 is 6.41. The number of nitrogens with one attached hydrogen (secondary N) is 2. The van der Waals surface area contributed by atoms with Crippen LogP contribution in [0.2, 0.25) is 5.02 Å². The van der Waals surface area contributed by atoms with Gasteiger partial charge in [-0.15, -0.1) is 11.3 Å². The number of furan rings is 1. The smallest absolute Gasteiger partial charge is 0.305 e. The summed E-state index contributed by atoms with van der Waals surface area (Å²) >= 11 is 10.6. The Bertz CT molecular complexity index is 874. The molecule has 2 amide bonds. The Morgan fingerprint density at radius 2 is 1.82 bits per heavy atom. The van der Waals surface area contributed by atoms with E-state index >= 15 is 0 Å². The van der Waals surface area contributed by atoms with E-state index in [1.54, 1.807) is 6.07 Å². The van der Waals surface area contributed by atoms with Crippen LogP contribution in [0.4, 0.5) is 0 Å². The Morgan fingerprint density at radius 1 is 1.09 bits per heavy atom. The van der Waals surface area contributed by atoms with Crippen LogP contribution in [0.15, 0.2) is 45.5 Å². The lowest BCUT2D eigenvalue weighted by atomic mass is 10.2. The number of fused-ring (bicyclic) bond motifs is 1. The maximum Gasteiger partial charge on any atom is 0.305 e. The number of amides is 2. The molecule has 0 saturated heterocycles. The number of hydrogen-bond acceptors (Lipinski definition) is 4. The van der Waals surface area contributed by atoms with Gasteiger partial charge in [0.15, 0.2) is 10.4 Å². The number of hydrazine groups is 1. The maximum absolute atomic E-state index is 12.1. The molecule has 0 aliphatic rings. The van der Waals surface area contributed by atoms with Crippen LogP contribution >= 0.6 is 38.9 Å². The second-order valence-electron chi connectivity index (χ2n) is 4.25. The molecule has 8 heteroatoms. The predicted molar refractivity (Wildman–Crippen MR) is 88.2 cm³/mol. The zero-order valence-electron chi connectivity index (χ0n) is 10.9. The van der Waals surface area contributed by atoms with E-state index < -0.39 is 11.8 Å². The number of rotatable bonds is 2. The van der Waals surface area contributed by atoms with Crippen molar-refractivity contribution in [3.05, 3.63) is 56.7 Å². The molecule has 2 heterocycles. The molecular formula is C14H8BrClN2O3S. The van der Waals surface area contributed by atoms with E-state index in [0.29, 0.717) is 14.6 Å². The summed E-state index contributed by atoms with van der Waals surface area (Å²) in [6.07, 6.45) is 0. The van der Waals surface area contributed by atoms with Crippen molar-refractivity contribution < 1.29 is 14.0 Å². The SMILES string of the molecule is O=C(NNC(=O)c1sc2ccccc2c1Cl)c1ccc(Br)o1. The molecule has 0 unspecified atom stereocenters. The summed E-state index contributed by atoms with van der Waals surface area (Å²) in [5.41, 5.74) is 4.60. The average molecular weight is 400 g/mol. The number of benzene rings is 1. The third-order valence-corrected chi connectivity index (χ3v) is 4.93. The van der Waals surface area contributed by atoms with Gasteiger partial charge in [0.05, 0.1) is 5.02 Å². The highest BCUT2D eigenvalue weighted by Gasteiger charge is 2.18. The van der Waals surface area contributed by atoms with Gasteiger partial charge in [0.25, 0.3) is 5.91 Å². The first kappa shape index (κ1) is 15.1. The first-order valence-corrected chi connectivity index (χ1v) is 8.08. The van der Waals surface area contributed by atoms with E-state index in [0.717, 1.165) is 10.1 Å². The number of carbonyl (C=O) groups excluding carboxylic acids is 2. The van der Waals surface area contributed by atoms with Crippen LogP contribution in [-0.2, 0) is 0 Å². The predicted octanol–water partition coefficient (Wildman–Crippen LogP) is 3.99. The topological polar surface area (TPSA) is 71.3 Å². The van der Waals surface area contributed by atoms with Crippen molar-refractivity contribution in [2.24, 2.45) is 0 Å². The highest BCUT2D eigenvalue weighted by molar-refractivity contribution is 9.10. The normalized spacial score (nSPS) is 10.6. The second-order valence-corrected chi connectivity index (χ2v) is 6.47. The molecule has 112 valence electrons. The van der Waals surface area contributed by atoms with Gasteiger partial charge in [-0.25, -0.2) is 0 Å². The maximum atomic E-state index is 12.1. The largest absolute Gasteiger partial charge is 0.444 e. The van der Waals surface area contributed by atoms with Crippen LogP contribution in [-0.4, -0.2) is 11.8 Å². The lowest BCUT2D eigenvalue weighted by molar-refractivity contribution is 0.0832. The summed E-state index contributed by atoms with van der Waals surface area (Å²) in [6.45, 7) is 0. The van der Waals surface area contributed by atoms with Crippen molar-refractivity contribution in [1.82, 2.24) is 10.9 Å². The number of halogens is 2. The Morgan fingerprint density at radius 3 is 2.50 bits per heavy atom. The van der Waals surface area contributed by atoms with Gasteiger partial charge >= 0.3 is 5.91 Å². The molecule has 3 aromatic rings. The fraction of sp³-hybridized carbons (Fsp3) is 0. The van der Waals surface area contributed by atoms with Gasteiger partial charge in [-0.05, 0) is 34.1 Å². The molecule has 2 N–H and O–H groups in total. The van der Waals surface area contributed by atoms with E-state index in [4.69, 9.17) is 16.0 Å². The molecule has 1 aromatic carbocycles. The molecule has 0 aliphatic heterocycles. The van der Waals surface area contributed by atoms with Crippen LogP contribution in [0.1, 0.15) is 20.2 Å². The van der Waals surface area contributed by atoms with Crippen LogP contribution in [0, 0.1) is 0 Å². The van der Waals surface area contributed by atoms with Gasteiger partial charge in [-0.3, -0.25) is 20.4 Å². The van der Waals surface area contributed by atoms with Crippen molar-refractivity contribution in [3.63, 3.8) is 0 Å². The van der Waals surface area contributed by atoms with Gasteiger partial charge in [0, 0.05) is 10.1 Å². The van der Waals surface area contributed by atoms with Crippen molar-refractivity contribution in [2.45, 2.75) is 0 Å². The fourth-order valence-electron chi connectivity index (χ4n) is 1.83. The van der Waals surface area contributed by atoms with Crippen molar-refractivity contribution >= 4 is 60.8 Å². The standard InChI is InChI=1S/C14H8BrClN2O3S/c15-10-6-5-8(21-10)13(19)17-18-14(20)12-11(16)7-3-1-2-4-9(7)22-12/h1-6H,(H,17,19)(H,18,20). The Kier molecular flexibility index (Phi) is 4.19. The molecule has 22 heavy (non-hydrogen) atoms. The molecule has 0 radical (unpaired) electrons. The first-order valence-electron chi connectivity index (χ1n) is 6.09. The molecular weight excluding hydrogens is 392 g/mol. The molecule has 3 rings (SSSR count). The van der Waals surface area contributed by atoms with E-state index in [2.05, 4.69) is 26.8 Å². The van der Waals surface area contributed by atoms with Crippen LogP contribution in [0.25, 0.3) is 10.1 Å². The van der Waals surface area contributed by atoms with Gasteiger partial charge < -0.3 is 4.42 Å². The van der Waals surface area contributed by atoms with E-state index in [1.165, 1.54) is 17.4 Å². The van der Waals surface area contributed by atoms with Gasteiger partial charge in [0.1, 0.15) is 4.88 Å². The number of thiophene rings is 1. The molecule has 0 atom stereocenters. The third kappa shape index (κ3) is 2.87. The average Bonchev–Trinajstić information content (AvgIpc) is 3.09. The molecule has 5 nitrogen and oxygen atoms in total. The Balaban J connectivity index is 1.73. The Labute approximate surface area is 142 Å². The summed E-state index contributed by atoms with van der Waals surface area (Å²) in [6, 6.07) is 10.5. The van der Waals surface area contributed by atoms with E-state index in [-0.39, 0.29) is 5.76 Å². The monoisotopic (exact) mass is 398 g/mol. The molecule has 0 bridgehead atoms. The summed E-state index contributed by atoms with van der Waals surface area (Å²) in [4.78, 5) is 24.3. The molecule has 0 fully saturated rings. The molecule has 0 saturated carbocycles. The van der Waals surface area contributed by atoms with Crippen molar-refractivity contribution in [2.75, 3.05) is 0 Å². The quantitative estimate of drug-likeness (QED) is 0.640. The van der Waals surface area contributed by atoms with E-state index in [1.807, 2.05) is 24.3 Å². The van der Waals surface area contributed by atoms with Crippen LogP contribution < -0.4 is 10.9 Å². The van der Waals surface area contributed by atoms with Gasteiger partial charge in [-0.2, -0.15) is 0 Å². The highest BCUT2D eigenvalue weighted by atomic mass is 79.9. The number of carbonyl (C=O) groups is 2. The summed E-state index contributed by atoms with van der Waals surface area (Å²) in [7, 11) is 0. The van der Waals surface area contributed by atoms with Crippen molar-refractivity contribution in [1.29, 1.82) is 0 Å². The molecule has 2 aromatic heterocycles. The minimum atomic E-state index is -0.559. The fourth-order valence-corrected chi connectivity index (χ4v) is 3.55. The summed E-state index contributed by atoms with van der Waals surface area (Å²) in [5.74, 6) is -0.962. The third-order valence-electron chi connectivity index (χ3n) is 2.83. The molecule has 0 aliphatic carbocycles. The summed E-state index contributed by atoms with van der Waals surface area (Å²) in [5, 5.41) is 1.17. The zero-order valence-corrected chi connectivity index (χ0v) is 14.0. The lowest BCUT2D eigenvalue weighted by Crippen LogP contribution is -2.41. The van der Waals surface area contributed by atoms with Crippen molar-refractivity contribution in [3.8, 4) is 0 Å². The second kappa shape index (κ2) is 6.12. The first-order chi connectivity index (χ1) is 10.6. The lowest BCUT2D eigenvalue weighted by Gasteiger charge is -2.04. The van der Waals surface area contributed by atoms with Crippen LogP contribution in [0.5, 0.6) is 0 Å².